The summed E-state index contributed by atoms with van der Waals surface area (Å²) in [5, 5.41) is 0. The largest absolute Gasteiger partial charge is 0.378 e. The second kappa shape index (κ2) is 6.06. The summed E-state index contributed by atoms with van der Waals surface area (Å²) in [6, 6.07) is 7.99. The van der Waals surface area contributed by atoms with Gasteiger partial charge in [-0.05, 0) is 30.9 Å². The van der Waals surface area contributed by atoms with Gasteiger partial charge in [0.25, 0.3) is 0 Å². The van der Waals surface area contributed by atoms with Gasteiger partial charge in [0, 0.05) is 25.2 Å². The van der Waals surface area contributed by atoms with Crippen molar-refractivity contribution in [2.45, 2.75) is 37.8 Å². The molecule has 0 aliphatic heterocycles. The molecule has 1 saturated carbocycles. The van der Waals surface area contributed by atoms with Crippen LogP contribution < -0.4 is 0 Å². The lowest BCUT2D eigenvalue weighted by molar-refractivity contribution is -0.143. The number of carbonyl (C=O) groups is 1. The minimum atomic E-state index is -0.195. The monoisotopic (exact) mass is 325 g/mol. The Morgan fingerprint density at radius 1 is 1.42 bits per heavy atom. The van der Waals surface area contributed by atoms with Crippen molar-refractivity contribution in [1.82, 2.24) is 4.90 Å². The van der Waals surface area contributed by atoms with Crippen LogP contribution in [0.15, 0.2) is 28.7 Å². The zero-order valence-corrected chi connectivity index (χ0v) is 13.1. The highest BCUT2D eigenvalue weighted by Crippen LogP contribution is 2.38. The Morgan fingerprint density at radius 2 is 2.11 bits per heavy atom. The van der Waals surface area contributed by atoms with Gasteiger partial charge in [0.2, 0.25) is 5.91 Å². The number of ether oxygens (including phenoxy) is 1. The number of halogens is 1. The molecule has 1 aliphatic rings. The molecule has 0 saturated heterocycles. The Labute approximate surface area is 123 Å². The molecule has 2 rings (SSSR count). The third-order valence-electron chi connectivity index (χ3n) is 3.96. The Morgan fingerprint density at radius 3 is 2.63 bits per heavy atom. The number of nitrogens with zero attached hydrogens (tertiary/aromatic N) is 1. The first kappa shape index (κ1) is 14.5. The smallest absolute Gasteiger partial charge is 0.225 e. The summed E-state index contributed by atoms with van der Waals surface area (Å²) in [7, 11) is 3.56. The maximum Gasteiger partial charge on any atom is 0.225 e. The minimum Gasteiger partial charge on any atom is -0.378 e. The average Bonchev–Trinajstić information content (AvgIpc) is 2.36. The summed E-state index contributed by atoms with van der Waals surface area (Å²) >= 11 is 3.51. The molecule has 1 aromatic rings. The molecule has 3 nitrogen and oxygen atoms in total. The van der Waals surface area contributed by atoms with Gasteiger partial charge in [-0.1, -0.05) is 34.1 Å². The van der Waals surface area contributed by atoms with Crippen LogP contribution in [0.1, 0.15) is 31.2 Å². The summed E-state index contributed by atoms with van der Waals surface area (Å²) in [6.45, 7) is 0.625. The lowest BCUT2D eigenvalue weighted by Gasteiger charge is -2.40. The van der Waals surface area contributed by atoms with Gasteiger partial charge in [0.1, 0.15) is 0 Å². The number of benzene rings is 1. The summed E-state index contributed by atoms with van der Waals surface area (Å²) in [5.41, 5.74) is 0.928. The molecule has 0 spiro atoms. The number of methoxy groups -OCH3 is 1. The first-order chi connectivity index (χ1) is 9.06. The van der Waals surface area contributed by atoms with Crippen molar-refractivity contribution in [3.05, 3.63) is 34.3 Å². The average molecular weight is 326 g/mol. The fourth-order valence-electron chi connectivity index (χ4n) is 2.41. The van der Waals surface area contributed by atoms with E-state index in [0.717, 1.165) is 29.3 Å². The van der Waals surface area contributed by atoms with Crippen molar-refractivity contribution >= 4 is 21.8 Å². The highest BCUT2D eigenvalue weighted by atomic mass is 79.9. The normalized spacial score (nSPS) is 16.8. The molecule has 0 atom stereocenters. The Hall–Kier alpha value is -0.870. The van der Waals surface area contributed by atoms with E-state index in [1.54, 1.807) is 12.0 Å². The van der Waals surface area contributed by atoms with Gasteiger partial charge < -0.3 is 9.64 Å². The van der Waals surface area contributed by atoms with Crippen molar-refractivity contribution in [2.24, 2.45) is 0 Å². The van der Waals surface area contributed by atoms with Crippen LogP contribution in [0.3, 0.4) is 0 Å². The van der Waals surface area contributed by atoms with E-state index >= 15 is 0 Å². The highest BCUT2D eigenvalue weighted by molar-refractivity contribution is 9.10. The Kier molecular flexibility index (Phi) is 4.63. The van der Waals surface area contributed by atoms with Crippen LogP contribution in [0.25, 0.3) is 0 Å². The van der Waals surface area contributed by atoms with E-state index in [1.807, 2.05) is 31.3 Å². The van der Waals surface area contributed by atoms with Crippen LogP contribution in [-0.2, 0) is 16.1 Å². The quantitative estimate of drug-likeness (QED) is 0.830. The van der Waals surface area contributed by atoms with Gasteiger partial charge >= 0.3 is 0 Å². The zero-order chi connectivity index (χ0) is 13.9. The van der Waals surface area contributed by atoms with Crippen LogP contribution in [0.5, 0.6) is 0 Å². The van der Waals surface area contributed by atoms with Crippen LogP contribution >= 0.6 is 15.9 Å². The summed E-state index contributed by atoms with van der Waals surface area (Å²) in [4.78, 5) is 14.0. The second-order valence-electron chi connectivity index (χ2n) is 5.26. The number of hydrogen-bond acceptors (Lipinski definition) is 2. The van der Waals surface area contributed by atoms with Crippen LogP contribution in [0, 0.1) is 0 Å². The number of carbonyl (C=O) groups excluding carboxylic acids is 1. The molecule has 0 heterocycles. The Balaban J connectivity index is 1.94. The lowest BCUT2D eigenvalue weighted by atomic mass is 9.77. The van der Waals surface area contributed by atoms with Gasteiger partial charge in [-0.25, -0.2) is 0 Å². The highest BCUT2D eigenvalue weighted by Gasteiger charge is 2.39. The van der Waals surface area contributed by atoms with Crippen molar-refractivity contribution in [3.8, 4) is 0 Å². The van der Waals surface area contributed by atoms with Crippen molar-refractivity contribution < 1.29 is 9.53 Å². The van der Waals surface area contributed by atoms with Gasteiger partial charge in [0.05, 0.1) is 12.0 Å². The van der Waals surface area contributed by atoms with Crippen molar-refractivity contribution in [2.75, 3.05) is 14.2 Å². The summed E-state index contributed by atoms with van der Waals surface area (Å²) in [5.74, 6) is 0.150. The molecule has 0 N–H and O–H groups in total. The van der Waals surface area contributed by atoms with E-state index in [4.69, 9.17) is 4.74 Å². The van der Waals surface area contributed by atoms with Gasteiger partial charge in [-0.15, -0.1) is 0 Å². The fraction of sp³-hybridized carbons (Fsp3) is 0.533. The van der Waals surface area contributed by atoms with Crippen LogP contribution in [-0.4, -0.2) is 30.6 Å². The fourth-order valence-corrected chi connectivity index (χ4v) is 2.82. The molecular formula is C15H20BrNO2. The molecule has 0 unspecified atom stereocenters. The SMILES string of the molecule is COC1(CC(=O)N(C)Cc2ccccc2Br)CCC1. The summed E-state index contributed by atoms with van der Waals surface area (Å²) < 4.78 is 6.55. The van der Waals surface area contributed by atoms with E-state index in [2.05, 4.69) is 15.9 Å². The molecule has 0 radical (unpaired) electrons. The van der Waals surface area contributed by atoms with Gasteiger partial charge in [0.15, 0.2) is 0 Å². The first-order valence-electron chi connectivity index (χ1n) is 6.59. The van der Waals surface area contributed by atoms with Crippen LogP contribution in [0.4, 0.5) is 0 Å². The maximum atomic E-state index is 12.3. The van der Waals surface area contributed by atoms with E-state index < -0.39 is 0 Å². The number of amides is 1. The first-order valence-corrected chi connectivity index (χ1v) is 7.38. The topological polar surface area (TPSA) is 29.5 Å². The van der Waals surface area contributed by atoms with Crippen molar-refractivity contribution in [1.29, 1.82) is 0 Å². The zero-order valence-electron chi connectivity index (χ0n) is 11.5. The predicted molar refractivity (Wildman–Crippen MR) is 78.8 cm³/mol. The molecule has 0 aromatic heterocycles. The van der Waals surface area contributed by atoms with Crippen molar-refractivity contribution in [3.63, 3.8) is 0 Å². The molecule has 1 amide bonds. The third-order valence-corrected chi connectivity index (χ3v) is 4.74. The number of hydrogen-bond donors (Lipinski definition) is 0. The molecule has 1 fully saturated rings. The van der Waals surface area contributed by atoms with Crippen LogP contribution in [0.2, 0.25) is 0 Å². The molecule has 0 bridgehead atoms. The van der Waals surface area contributed by atoms with E-state index in [1.165, 1.54) is 0 Å². The minimum absolute atomic E-state index is 0.150. The number of rotatable bonds is 5. The van der Waals surface area contributed by atoms with Gasteiger partial charge in [-0.2, -0.15) is 0 Å². The lowest BCUT2D eigenvalue weighted by Crippen LogP contribution is -2.44. The third kappa shape index (κ3) is 3.37. The Bertz CT molecular complexity index is 452. The molecule has 19 heavy (non-hydrogen) atoms. The van der Waals surface area contributed by atoms with E-state index in [-0.39, 0.29) is 11.5 Å². The predicted octanol–water partition coefficient (Wildman–Crippen LogP) is 3.37. The van der Waals surface area contributed by atoms with E-state index in [0.29, 0.717) is 13.0 Å². The standard InChI is InChI=1S/C15H20BrNO2/c1-17(11-12-6-3-4-7-13(12)16)14(18)10-15(19-2)8-5-9-15/h3-4,6-7H,5,8-11H2,1-2H3. The van der Waals surface area contributed by atoms with E-state index in [9.17, 15) is 4.79 Å². The molecular weight excluding hydrogens is 306 g/mol. The van der Waals surface area contributed by atoms with Gasteiger partial charge in [-0.3, -0.25) is 4.79 Å². The maximum absolute atomic E-state index is 12.3. The molecule has 104 valence electrons. The summed E-state index contributed by atoms with van der Waals surface area (Å²) in [6.07, 6.45) is 3.65. The molecule has 1 aliphatic carbocycles. The molecule has 1 aromatic carbocycles. The second-order valence-corrected chi connectivity index (χ2v) is 6.11. The molecule has 4 heteroatoms.